The van der Waals surface area contributed by atoms with Crippen molar-refractivity contribution in [1.29, 1.82) is 0 Å². The number of hydrogen-bond acceptors (Lipinski definition) is 4. The van der Waals surface area contributed by atoms with E-state index in [1.807, 2.05) is 37.3 Å². The van der Waals surface area contributed by atoms with Crippen molar-refractivity contribution in [2.45, 2.75) is 13.5 Å². The van der Waals surface area contributed by atoms with Crippen molar-refractivity contribution < 1.29 is 18.6 Å². The molecule has 1 aromatic rings. The molecule has 5 heteroatoms. The summed E-state index contributed by atoms with van der Waals surface area (Å²) in [5.41, 5.74) is 1.15. The second-order valence-electron chi connectivity index (χ2n) is 4.31. The van der Waals surface area contributed by atoms with Crippen LogP contribution in [0.3, 0.4) is 0 Å². The Kier molecular flexibility index (Phi) is 7.99. The number of ether oxygens (including phenoxy) is 2. The van der Waals surface area contributed by atoms with Gasteiger partial charge in [-0.15, -0.1) is 0 Å². The molecule has 0 radical (unpaired) electrons. The van der Waals surface area contributed by atoms with Crippen molar-refractivity contribution in [3.8, 4) is 0 Å². The molecule has 0 aliphatic rings. The summed E-state index contributed by atoms with van der Waals surface area (Å²) in [7, 11) is -2.46. The lowest BCUT2D eigenvalue weighted by Crippen LogP contribution is -2.08. The zero-order chi connectivity index (χ0) is 14.0. The Balaban J connectivity index is 1.98. The highest BCUT2D eigenvalue weighted by atomic mass is 31.2. The number of benzene rings is 1. The molecule has 4 nitrogen and oxygen atoms in total. The lowest BCUT2D eigenvalue weighted by Gasteiger charge is -2.12. The Morgan fingerprint density at radius 3 is 2.42 bits per heavy atom. The molecule has 1 unspecified atom stereocenters. The molecule has 0 amide bonds. The highest BCUT2D eigenvalue weighted by Crippen LogP contribution is 2.41. The van der Waals surface area contributed by atoms with Crippen molar-refractivity contribution in [2.24, 2.45) is 0 Å². The van der Waals surface area contributed by atoms with Crippen LogP contribution in [0.25, 0.3) is 0 Å². The maximum absolute atomic E-state index is 11.8. The zero-order valence-electron chi connectivity index (χ0n) is 11.7. The fraction of sp³-hybridized carbons (Fsp3) is 0.571. The van der Waals surface area contributed by atoms with Crippen LogP contribution in [0.1, 0.15) is 12.5 Å². The molecule has 0 spiro atoms. The average Bonchev–Trinajstić information content (AvgIpc) is 2.38. The van der Waals surface area contributed by atoms with Crippen LogP contribution in [0.5, 0.6) is 0 Å². The van der Waals surface area contributed by atoms with Gasteiger partial charge in [-0.25, -0.2) is 0 Å². The summed E-state index contributed by atoms with van der Waals surface area (Å²) in [6.07, 6.45) is 0.458. The summed E-state index contributed by atoms with van der Waals surface area (Å²) < 4.78 is 27.8. The normalized spacial score (nSPS) is 14.2. The first-order valence-corrected chi connectivity index (χ1v) is 8.80. The van der Waals surface area contributed by atoms with Crippen LogP contribution in [-0.4, -0.2) is 39.3 Å². The smallest absolute Gasteiger partial charge is 0.202 e. The van der Waals surface area contributed by atoms with E-state index in [-0.39, 0.29) is 0 Å². The standard InChI is InChI=1S/C14H23O4P/c1-3-18-19(2,15)12-11-16-9-10-17-13-14-7-5-4-6-8-14/h4-8H,3,9-13H2,1-2H3. The van der Waals surface area contributed by atoms with Gasteiger partial charge in [0.25, 0.3) is 0 Å². The summed E-state index contributed by atoms with van der Waals surface area (Å²) >= 11 is 0. The summed E-state index contributed by atoms with van der Waals surface area (Å²) in [5, 5.41) is 0. The summed E-state index contributed by atoms with van der Waals surface area (Å²) in [6, 6.07) is 10.0. The molecule has 1 rings (SSSR count). The van der Waals surface area contributed by atoms with Crippen LogP contribution in [-0.2, 0) is 25.2 Å². The minimum Gasteiger partial charge on any atom is -0.378 e. The molecule has 0 fully saturated rings. The van der Waals surface area contributed by atoms with E-state index >= 15 is 0 Å². The lowest BCUT2D eigenvalue weighted by molar-refractivity contribution is 0.0453. The fourth-order valence-corrected chi connectivity index (χ4v) is 2.69. The predicted octanol–water partition coefficient (Wildman–Crippen LogP) is 3.16. The second kappa shape index (κ2) is 9.27. The zero-order valence-corrected chi connectivity index (χ0v) is 12.6. The van der Waals surface area contributed by atoms with Crippen LogP contribution < -0.4 is 0 Å². The largest absolute Gasteiger partial charge is 0.378 e. The molecule has 1 atom stereocenters. The first-order chi connectivity index (χ1) is 9.14. The minimum absolute atomic E-state index is 0.447. The molecular weight excluding hydrogens is 263 g/mol. The third-order valence-corrected chi connectivity index (χ3v) is 4.33. The summed E-state index contributed by atoms with van der Waals surface area (Å²) in [4.78, 5) is 0. The highest BCUT2D eigenvalue weighted by Gasteiger charge is 2.13. The van der Waals surface area contributed by atoms with Crippen molar-refractivity contribution >= 4 is 7.37 Å². The van der Waals surface area contributed by atoms with Gasteiger partial charge in [0.05, 0.1) is 33.0 Å². The third-order valence-electron chi connectivity index (χ3n) is 2.53. The number of hydrogen-bond donors (Lipinski definition) is 0. The van der Waals surface area contributed by atoms with Crippen LogP contribution in [0.4, 0.5) is 0 Å². The van der Waals surface area contributed by atoms with E-state index in [1.165, 1.54) is 0 Å². The van der Waals surface area contributed by atoms with E-state index in [1.54, 1.807) is 6.66 Å². The van der Waals surface area contributed by atoms with Crippen LogP contribution in [0.2, 0.25) is 0 Å². The van der Waals surface area contributed by atoms with Crippen LogP contribution >= 0.6 is 7.37 Å². The second-order valence-corrected chi connectivity index (χ2v) is 7.04. The average molecular weight is 286 g/mol. The van der Waals surface area contributed by atoms with Gasteiger partial charge in [-0.1, -0.05) is 30.3 Å². The molecule has 0 heterocycles. The molecule has 0 bridgehead atoms. The fourth-order valence-electron chi connectivity index (χ4n) is 1.55. The van der Waals surface area contributed by atoms with E-state index < -0.39 is 7.37 Å². The maximum Gasteiger partial charge on any atom is 0.202 e. The summed E-state index contributed by atoms with van der Waals surface area (Å²) in [6.45, 7) is 6.06. The molecule has 0 N–H and O–H groups in total. The molecule has 0 saturated heterocycles. The topological polar surface area (TPSA) is 44.8 Å². The van der Waals surface area contributed by atoms with Crippen molar-refractivity contribution in [3.63, 3.8) is 0 Å². The minimum atomic E-state index is -2.46. The molecule has 0 saturated carbocycles. The summed E-state index contributed by atoms with van der Waals surface area (Å²) in [5.74, 6) is 0. The van der Waals surface area contributed by atoms with E-state index in [0.717, 1.165) is 5.56 Å². The monoisotopic (exact) mass is 286 g/mol. The van der Waals surface area contributed by atoms with E-state index in [0.29, 0.717) is 39.2 Å². The van der Waals surface area contributed by atoms with E-state index in [2.05, 4.69) is 0 Å². The highest BCUT2D eigenvalue weighted by molar-refractivity contribution is 7.58. The molecular formula is C14H23O4P. The Morgan fingerprint density at radius 2 is 1.74 bits per heavy atom. The molecule has 0 aliphatic carbocycles. The molecule has 0 aromatic heterocycles. The Morgan fingerprint density at radius 1 is 1.05 bits per heavy atom. The van der Waals surface area contributed by atoms with Gasteiger partial charge < -0.3 is 14.0 Å². The van der Waals surface area contributed by atoms with Crippen LogP contribution in [0.15, 0.2) is 30.3 Å². The van der Waals surface area contributed by atoms with Crippen molar-refractivity contribution in [1.82, 2.24) is 0 Å². The van der Waals surface area contributed by atoms with Gasteiger partial charge in [0.1, 0.15) is 0 Å². The van der Waals surface area contributed by atoms with Crippen molar-refractivity contribution in [2.75, 3.05) is 39.3 Å². The van der Waals surface area contributed by atoms with Gasteiger partial charge in [0.15, 0.2) is 0 Å². The Hall–Kier alpha value is -0.670. The Bertz CT molecular complexity index is 380. The van der Waals surface area contributed by atoms with Gasteiger partial charge >= 0.3 is 0 Å². The van der Waals surface area contributed by atoms with Gasteiger partial charge in [-0.2, -0.15) is 0 Å². The Labute approximate surface area is 115 Å². The van der Waals surface area contributed by atoms with Crippen molar-refractivity contribution in [3.05, 3.63) is 35.9 Å². The first-order valence-electron chi connectivity index (χ1n) is 6.54. The molecule has 0 aliphatic heterocycles. The first kappa shape index (κ1) is 16.4. The van der Waals surface area contributed by atoms with Gasteiger partial charge in [0, 0.05) is 12.8 Å². The quantitative estimate of drug-likeness (QED) is 0.489. The lowest BCUT2D eigenvalue weighted by atomic mass is 10.2. The molecule has 1 aromatic carbocycles. The maximum atomic E-state index is 11.8. The van der Waals surface area contributed by atoms with E-state index in [4.69, 9.17) is 14.0 Å². The predicted molar refractivity (Wildman–Crippen MR) is 76.9 cm³/mol. The van der Waals surface area contributed by atoms with Gasteiger partial charge in [-0.05, 0) is 12.5 Å². The van der Waals surface area contributed by atoms with Gasteiger partial charge in [-0.3, -0.25) is 4.57 Å². The van der Waals surface area contributed by atoms with Crippen LogP contribution in [0, 0.1) is 0 Å². The third kappa shape index (κ3) is 8.17. The van der Waals surface area contributed by atoms with E-state index in [9.17, 15) is 4.57 Å². The molecule has 108 valence electrons. The number of rotatable bonds is 10. The van der Waals surface area contributed by atoms with Gasteiger partial charge in [0.2, 0.25) is 7.37 Å². The molecule has 19 heavy (non-hydrogen) atoms. The SMILES string of the molecule is CCOP(C)(=O)CCOCCOCc1ccccc1.